The minimum absolute atomic E-state index is 0.0141. The Bertz CT molecular complexity index is 1300. The molecule has 2 N–H and O–H groups in total. The Morgan fingerprint density at radius 3 is 2.44 bits per heavy atom. The number of likely N-dealkylation sites (N-methyl/N-ethyl adjacent to an activating group) is 1. The van der Waals surface area contributed by atoms with E-state index in [0.29, 0.717) is 24.6 Å². The molecule has 0 aliphatic rings. The van der Waals surface area contributed by atoms with Crippen LogP contribution in [0.25, 0.3) is 10.9 Å². The summed E-state index contributed by atoms with van der Waals surface area (Å²) in [7, 11) is 6.81. The lowest BCUT2D eigenvalue weighted by Crippen LogP contribution is -2.37. The van der Waals surface area contributed by atoms with E-state index in [4.69, 9.17) is 14.2 Å². The average molecular weight is 488 g/mol. The molecule has 1 aromatic heterocycles. The molecule has 0 aliphatic heterocycles. The van der Waals surface area contributed by atoms with Gasteiger partial charge >= 0.3 is 0 Å². The molecule has 0 spiro atoms. The number of nitrogens with one attached hydrogen (secondary N) is 2. The van der Waals surface area contributed by atoms with E-state index in [9.17, 15) is 4.79 Å². The van der Waals surface area contributed by atoms with Crippen LogP contribution < -0.4 is 19.5 Å². The molecule has 36 heavy (non-hydrogen) atoms. The second-order valence-corrected chi connectivity index (χ2v) is 8.74. The van der Waals surface area contributed by atoms with Gasteiger partial charge in [-0.3, -0.25) is 9.69 Å². The summed E-state index contributed by atoms with van der Waals surface area (Å²) >= 11 is 0. The molecule has 0 fully saturated rings. The first-order chi connectivity index (χ1) is 17.5. The predicted molar refractivity (Wildman–Crippen MR) is 142 cm³/mol. The van der Waals surface area contributed by atoms with Crippen molar-refractivity contribution >= 4 is 16.8 Å². The number of hydrogen-bond acceptors (Lipinski definition) is 5. The Morgan fingerprint density at radius 1 is 0.944 bits per heavy atom. The van der Waals surface area contributed by atoms with Crippen molar-refractivity contribution in [1.82, 2.24) is 15.2 Å². The molecule has 1 unspecified atom stereocenters. The third-order valence-electron chi connectivity index (χ3n) is 6.36. The van der Waals surface area contributed by atoms with E-state index < -0.39 is 0 Å². The maximum Gasteiger partial charge on any atom is 0.234 e. The third kappa shape index (κ3) is 5.63. The molecular weight excluding hydrogens is 454 g/mol. The Morgan fingerprint density at radius 2 is 1.72 bits per heavy atom. The number of carbonyl (C=O) groups is 1. The van der Waals surface area contributed by atoms with Crippen LogP contribution in [0.5, 0.6) is 17.2 Å². The van der Waals surface area contributed by atoms with Crippen LogP contribution in [-0.4, -0.2) is 57.3 Å². The third-order valence-corrected chi connectivity index (χ3v) is 6.36. The Hall–Kier alpha value is -3.97. The second-order valence-electron chi connectivity index (χ2n) is 8.74. The van der Waals surface area contributed by atoms with Gasteiger partial charge in [-0.05, 0) is 42.4 Å². The van der Waals surface area contributed by atoms with Crippen molar-refractivity contribution in [3.05, 3.63) is 89.6 Å². The SMILES string of the molecule is COc1ccc(C(CNC(=O)CN(C)Cc2cccc(OC)c2OC)c2c[nH]c3ccccc23)cc1. The van der Waals surface area contributed by atoms with E-state index in [1.807, 2.05) is 60.6 Å². The fourth-order valence-corrected chi connectivity index (χ4v) is 4.57. The molecule has 1 amide bonds. The number of aromatic amines is 1. The highest BCUT2D eigenvalue weighted by Crippen LogP contribution is 2.32. The van der Waals surface area contributed by atoms with E-state index in [1.165, 1.54) is 0 Å². The van der Waals surface area contributed by atoms with Gasteiger partial charge in [-0.25, -0.2) is 0 Å². The number of benzene rings is 3. The molecule has 4 rings (SSSR count). The second kappa shape index (κ2) is 11.6. The molecule has 0 aliphatic carbocycles. The zero-order chi connectivity index (χ0) is 25.5. The minimum Gasteiger partial charge on any atom is -0.497 e. The average Bonchev–Trinajstić information content (AvgIpc) is 3.33. The fraction of sp³-hybridized carbons (Fsp3) is 0.276. The highest BCUT2D eigenvalue weighted by Gasteiger charge is 2.20. The van der Waals surface area contributed by atoms with Crippen LogP contribution in [0.4, 0.5) is 0 Å². The van der Waals surface area contributed by atoms with Gasteiger partial charge in [0.25, 0.3) is 0 Å². The lowest BCUT2D eigenvalue weighted by atomic mass is 9.90. The maximum absolute atomic E-state index is 13.0. The fourth-order valence-electron chi connectivity index (χ4n) is 4.57. The van der Waals surface area contributed by atoms with Crippen molar-refractivity contribution in [2.45, 2.75) is 12.5 Å². The lowest BCUT2D eigenvalue weighted by Gasteiger charge is -2.21. The molecule has 188 valence electrons. The molecule has 1 heterocycles. The Labute approximate surface area is 212 Å². The molecule has 3 aromatic carbocycles. The summed E-state index contributed by atoms with van der Waals surface area (Å²) in [6.45, 7) is 1.28. The number of fused-ring (bicyclic) bond motifs is 1. The smallest absolute Gasteiger partial charge is 0.234 e. The van der Waals surface area contributed by atoms with Crippen molar-refractivity contribution in [3.8, 4) is 17.2 Å². The minimum atomic E-state index is -0.0438. The number of methoxy groups -OCH3 is 3. The first kappa shape index (κ1) is 25.1. The van der Waals surface area contributed by atoms with Crippen LogP contribution in [0.3, 0.4) is 0 Å². The number of para-hydroxylation sites is 2. The highest BCUT2D eigenvalue weighted by atomic mass is 16.5. The first-order valence-electron chi connectivity index (χ1n) is 11.9. The van der Waals surface area contributed by atoms with Crippen LogP contribution in [0.2, 0.25) is 0 Å². The van der Waals surface area contributed by atoms with Gasteiger partial charge in [0.05, 0.1) is 27.9 Å². The number of aromatic nitrogens is 1. The Balaban J connectivity index is 1.47. The van der Waals surface area contributed by atoms with E-state index in [2.05, 4.69) is 34.6 Å². The van der Waals surface area contributed by atoms with Gasteiger partial charge in [0, 0.05) is 41.7 Å². The molecule has 0 saturated carbocycles. The normalized spacial score (nSPS) is 11.9. The van der Waals surface area contributed by atoms with Crippen molar-refractivity contribution < 1.29 is 19.0 Å². The number of hydrogen-bond donors (Lipinski definition) is 2. The van der Waals surface area contributed by atoms with Crippen LogP contribution in [0.1, 0.15) is 22.6 Å². The summed E-state index contributed by atoms with van der Waals surface area (Å²) in [6, 6.07) is 22.0. The van der Waals surface area contributed by atoms with Crippen LogP contribution in [0.15, 0.2) is 72.9 Å². The van der Waals surface area contributed by atoms with E-state index in [-0.39, 0.29) is 18.4 Å². The van der Waals surface area contributed by atoms with Gasteiger partial charge < -0.3 is 24.5 Å². The molecule has 0 saturated heterocycles. The zero-order valence-electron chi connectivity index (χ0n) is 21.2. The quantitative estimate of drug-likeness (QED) is 0.324. The number of nitrogens with zero attached hydrogens (tertiary/aromatic N) is 1. The number of ether oxygens (including phenoxy) is 3. The summed E-state index contributed by atoms with van der Waals surface area (Å²) in [5.74, 6) is 2.10. The molecule has 0 radical (unpaired) electrons. The summed E-state index contributed by atoms with van der Waals surface area (Å²) in [6.07, 6.45) is 2.03. The van der Waals surface area contributed by atoms with Crippen LogP contribution >= 0.6 is 0 Å². The molecule has 7 nitrogen and oxygen atoms in total. The van der Waals surface area contributed by atoms with Crippen molar-refractivity contribution in [3.63, 3.8) is 0 Å². The number of carbonyl (C=O) groups excluding carboxylic acids is 1. The van der Waals surface area contributed by atoms with Crippen molar-refractivity contribution in [2.75, 3.05) is 41.5 Å². The van der Waals surface area contributed by atoms with Gasteiger partial charge in [0.2, 0.25) is 5.91 Å². The summed E-state index contributed by atoms with van der Waals surface area (Å²) in [4.78, 5) is 18.3. The maximum atomic E-state index is 13.0. The topological polar surface area (TPSA) is 75.8 Å². The van der Waals surface area contributed by atoms with Crippen molar-refractivity contribution in [2.24, 2.45) is 0 Å². The monoisotopic (exact) mass is 487 g/mol. The molecule has 0 bridgehead atoms. The summed E-state index contributed by atoms with van der Waals surface area (Å²) in [5, 5.41) is 4.30. The molecule has 4 aromatic rings. The summed E-state index contributed by atoms with van der Waals surface area (Å²) in [5.41, 5.74) is 4.28. The van der Waals surface area contributed by atoms with Crippen LogP contribution in [-0.2, 0) is 11.3 Å². The molecular formula is C29H33N3O4. The summed E-state index contributed by atoms with van der Waals surface area (Å²) < 4.78 is 16.3. The van der Waals surface area contributed by atoms with Crippen molar-refractivity contribution in [1.29, 1.82) is 0 Å². The van der Waals surface area contributed by atoms with Gasteiger partial charge in [0.15, 0.2) is 11.5 Å². The largest absolute Gasteiger partial charge is 0.497 e. The van der Waals surface area contributed by atoms with Crippen LogP contribution in [0, 0.1) is 0 Å². The van der Waals surface area contributed by atoms with E-state index in [1.54, 1.807) is 21.3 Å². The standard InChI is InChI=1S/C29H33N3O4/c1-32(18-21-8-7-11-27(35-3)29(21)36-4)19-28(33)31-16-24(20-12-14-22(34-2)15-13-20)25-17-30-26-10-6-5-9-23(25)26/h5-15,17,24,30H,16,18-19H2,1-4H3,(H,31,33). The zero-order valence-corrected chi connectivity index (χ0v) is 21.2. The predicted octanol–water partition coefficient (Wildman–Crippen LogP) is 4.57. The highest BCUT2D eigenvalue weighted by molar-refractivity contribution is 5.84. The molecule has 1 atom stereocenters. The number of amides is 1. The lowest BCUT2D eigenvalue weighted by molar-refractivity contribution is -0.122. The van der Waals surface area contributed by atoms with E-state index >= 15 is 0 Å². The molecule has 7 heteroatoms. The van der Waals surface area contributed by atoms with Gasteiger partial charge in [0.1, 0.15) is 5.75 Å². The van der Waals surface area contributed by atoms with Gasteiger partial charge in [-0.2, -0.15) is 0 Å². The first-order valence-corrected chi connectivity index (χ1v) is 11.9. The van der Waals surface area contributed by atoms with Gasteiger partial charge in [-0.1, -0.05) is 42.5 Å². The number of H-pyrrole nitrogens is 1. The number of rotatable bonds is 11. The Kier molecular flexibility index (Phi) is 8.13. The van der Waals surface area contributed by atoms with Gasteiger partial charge in [-0.15, -0.1) is 0 Å². The van der Waals surface area contributed by atoms with E-state index in [0.717, 1.165) is 33.3 Å².